The van der Waals surface area contributed by atoms with Crippen LogP contribution < -0.4 is 20.9 Å². The summed E-state index contributed by atoms with van der Waals surface area (Å²) in [7, 11) is 0. The first-order valence-corrected chi connectivity index (χ1v) is 8.60. The van der Waals surface area contributed by atoms with Crippen molar-refractivity contribution in [3.8, 4) is 5.75 Å². The maximum atomic E-state index is 11.7. The normalized spacial score (nSPS) is 9.81. The van der Waals surface area contributed by atoms with E-state index >= 15 is 0 Å². The molecule has 0 aliphatic heterocycles. The van der Waals surface area contributed by atoms with E-state index in [0.717, 1.165) is 0 Å². The zero-order chi connectivity index (χ0) is 19.5. The fourth-order valence-electron chi connectivity index (χ4n) is 1.57. The van der Waals surface area contributed by atoms with Crippen LogP contribution in [0.15, 0.2) is 18.2 Å². The average molecular weight is 422 g/mol. The van der Waals surface area contributed by atoms with Crippen molar-refractivity contribution in [2.45, 2.75) is 19.8 Å². The van der Waals surface area contributed by atoms with Gasteiger partial charge in [-0.25, -0.2) is 0 Å². The number of carbonyl (C=O) groups is 3. The summed E-state index contributed by atoms with van der Waals surface area (Å²) in [6, 6.07) is 4.58. The molecule has 0 fully saturated rings. The first-order valence-electron chi connectivity index (χ1n) is 7.44. The van der Waals surface area contributed by atoms with Gasteiger partial charge in [0, 0.05) is 11.4 Å². The first-order chi connectivity index (χ1) is 12.3. The Hall–Kier alpha value is -2.10. The van der Waals surface area contributed by atoms with Crippen LogP contribution in [0.25, 0.3) is 0 Å². The minimum absolute atomic E-state index is 0.0651. The van der Waals surface area contributed by atoms with Gasteiger partial charge in [-0.3, -0.25) is 25.2 Å². The van der Waals surface area contributed by atoms with E-state index < -0.39 is 17.8 Å². The molecule has 0 unspecified atom stereocenters. The summed E-state index contributed by atoms with van der Waals surface area (Å²) in [4.78, 5) is 34.4. The van der Waals surface area contributed by atoms with Gasteiger partial charge in [0.25, 0.3) is 5.91 Å². The Morgan fingerprint density at radius 3 is 2.50 bits per heavy atom. The van der Waals surface area contributed by atoms with Crippen molar-refractivity contribution in [2.24, 2.45) is 0 Å². The van der Waals surface area contributed by atoms with E-state index in [1.54, 1.807) is 13.0 Å². The predicted octanol–water partition coefficient (Wildman–Crippen LogP) is 1.74. The number of hydrogen-bond donors (Lipinski definition) is 3. The van der Waals surface area contributed by atoms with Crippen LogP contribution in [0, 0.1) is 0 Å². The molecule has 0 spiro atoms. The SMILES string of the molecule is CCOC(=O)CCC(=O)NC(=S)NNC(=O)COc1ccc(Cl)cc1Cl. The summed E-state index contributed by atoms with van der Waals surface area (Å²) in [5.74, 6) is -1.23. The molecule has 1 aromatic rings. The van der Waals surface area contributed by atoms with Crippen molar-refractivity contribution >= 4 is 58.3 Å². The fourth-order valence-corrected chi connectivity index (χ4v) is 2.20. The molecule has 0 heterocycles. The van der Waals surface area contributed by atoms with Crippen molar-refractivity contribution < 1.29 is 23.9 Å². The number of nitrogens with one attached hydrogen (secondary N) is 3. The molecule has 0 aliphatic rings. The number of benzene rings is 1. The second kappa shape index (κ2) is 11.5. The Labute approximate surface area is 165 Å². The lowest BCUT2D eigenvalue weighted by molar-refractivity contribution is -0.144. The standard InChI is InChI=1S/C15H17Cl2N3O5S/c1-2-24-14(23)6-5-12(21)18-15(26)20-19-13(22)8-25-11-4-3-9(16)7-10(11)17/h3-4,7H,2,5-6,8H2,1H3,(H,19,22)(H2,18,20,21,26). The van der Waals surface area contributed by atoms with Gasteiger partial charge in [-0.05, 0) is 37.3 Å². The van der Waals surface area contributed by atoms with Crippen LogP contribution >= 0.6 is 35.4 Å². The summed E-state index contributed by atoms with van der Waals surface area (Å²) in [6.07, 6.45) is -0.156. The van der Waals surface area contributed by atoms with Crippen LogP contribution in [0.3, 0.4) is 0 Å². The van der Waals surface area contributed by atoms with E-state index in [0.29, 0.717) is 10.8 Å². The molecule has 1 rings (SSSR count). The number of amides is 2. The number of halogens is 2. The number of ether oxygens (including phenoxy) is 2. The second-order valence-corrected chi connectivity index (χ2v) is 5.97. The molecular weight excluding hydrogens is 405 g/mol. The van der Waals surface area contributed by atoms with Crippen LogP contribution in [0.4, 0.5) is 0 Å². The number of esters is 1. The average Bonchev–Trinajstić information content (AvgIpc) is 2.57. The molecule has 3 N–H and O–H groups in total. The van der Waals surface area contributed by atoms with E-state index in [4.69, 9.17) is 44.9 Å². The molecule has 0 saturated carbocycles. The van der Waals surface area contributed by atoms with E-state index in [9.17, 15) is 14.4 Å². The van der Waals surface area contributed by atoms with Crippen LogP contribution in [0.2, 0.25) is 10.0 Å². The van der Waals surface area contributed by atoms with Gasteiger partial charge >= 0.3 is 5.97 Å². The van der Waals surface area contributed by atoms with E-state index in [-0.39, 0.29) is 36.2 Å². The number of rotatable bonds is 7. The summed E-state index contributed by atoms with van der Waals surface area (Å²) in [5.41, 5.74) is 4.58. The zero-order valence-electron chi connectivity index (χ0n) is 13.8. The Morgan fingerprint density at radius 2 is 1.85 bits per heavy atom. The van der Waals surface area contributed by atoms with Crippen molar-refractivity contribution in [3.05, 3.63) is 28.2 Å². The van der Waals surface area contributed by atoms with E-state index in [1.807, 2.05) is 0 Å². The Bertz CT molecular complexity index is 687. The highest BCUT2D eigenvalue weighted by Crippen LogP contribution is 2.27. The van der Waals surface area contributed by atoms with Gasteiger partial charge in [-0.2, -0.15) is 0 Å². The third-order valence-corrected chi connectivity index (χ3v) is 3.42. The topological polar surface area (TPSA) is 106 Å². The van der Waals surface area contributed by atoms with Gasteiger partial charge in [-0.1, -0.05) is 23.2 Å². The molecule has 0 aliphatic carbocycles. The fraction of sp³-hybridized carbons (Fsp3) is 0.333. The molecule has 0 atom stereocenters. The molecule has 2 amide bonds. The largest absolute Gasteiger partial charge is 0.482 e. The van der Waals surface area contributed by atoms with Crippen LogP contribution in [-0.4, -0.2) is 36.1 Å². The summed E-state index contributed by atoms with van der Waals surface area (Å²) in [6.45, 7) is 1.58. The molecule has 1 aromatic carbocycles. The van der Waals surface area contributed by atoms with Gasteiger partial charge in [-0.15, -0.1) is 0 Å². The Morgan fingerprint density at radius 1 is 1.12 bits per heavy atom. The van der Waals surface area contributed by atoms with E-state index in [2.05, 4.69) is 16.2 Å². The Kier molecular flexibility index (Phi) is 9.71. The van der Waals surface area contributed by atoms with Crippen LogP contribution in [0.5, 0.6) is 5.75 Å². The quantitative estimate of drug-likeness (QED) is 0.349. The second-order valence-electron chi connectivity index (χ2n) is 4.72. The molecule has 0 bridgehead atoms. The van der Waals surface area contributed by atoms with Gasteiger partial charge in [0.1, 0.15) is 5.75 Å². The molecule has 0 saturated heterocycles. The lowest BCUT2D eigenvalue weighted by Gasteiger charge is -2.12. The highest BCUT2D eigenvalue weighted by atomic mass is 35.5. The van der Waals surface area contributed by atoms with Crippen LogP contribution in [-0.2, 0) is 19.1 Å². The van der Waals surface area contributed by atoms with Crippen molar-refractivity contribution in [3.63, 3.8) is 0 Å². The highest BCUT2D eigenvalue weighted by molar-refractivity contribution is 7.80. The number of hydrogen-bond acceptors (Lipinski definition) is 6. The minimum Gasteiger partial charge on any atom is -0.482 e. The number of carbonyl (C=O) groups excluding carboxylic acids is 3. The molecular formula is C15H17Cl2N3O5S. The highest BCUT2D eigenvalue weighted by Gasteiger charge is 2.10. The van der Waals surface area contributed by atoms with Gasteiger partial charge in [0.15, 0.2) is 11.7 Å². The van der Waals surface area contributed by atoms with Gasteiger partial charge in [0.2, 0.25) is 5.91 Å². The lowest BCUT2D eigenvalue weighted by Crippen LogP contribution is -2.49. The molecule has 142 valence electrons. The van der Waals surface area contributed by atoms with Crippen molar-refractivity contribution in [1.82, 2.24) is 16.2 Å². The number of hydrazine groups is 1. The van der Waals surface area contributed by atoms with Gasteiger partial charge < -0.3 is 14.8 Å². The summed E-state index contributed by atoms with van der Waals surface area (Å²) in [5, 5.41) is 2.88. The molecule has 8 nitrogen and oxygen atoms in total. The van der Waals surface area contributed by atoms with Gasteiger partial charge in [0.05, 0.1) is 18.1 Å². The predicted molar refractivity (Wildman–Crippen MR) is 99.8 cm³/mol. The maximum Gasteiger partial charge on any atom is 0.306 e. The summed E-state index contributed by atoms with van der Waals surface area (Å²) < 4.78 is 9.93. The van der Waals surface area contributed by atoms with E-state index in [1.165, 1.54) is 12.1 Å². The maximum absolute atomic E-state index is 11.7. The minimum atomic E-state index is -0.556. The lowest BCUT2D eigenvalue weighted by atomic mass is 10.3. The molecule has 11 heteroatoms. The van der Waals surface area contributed by atoms with Crippen molar-refractivity contribution in [2.75, 3.05) is 13.2 Å². The monoisotopic (exact) mass is 421 g/mol. The third kappa shape index (κ3) is 8.84. The smallest absolute Gasteiger partial charge is 0.306 e. The molecule has 0 aromatic heterocycles. The van der Waals surface area contributed by atoms with Crippen LogP contribution in [0.1, 0.15) is 19.8 Å². The molecule has 26 heavy (non-hydrogen) atoms. The Balaban J connectivity index is 2.26. The third-order valence-electron chi connectivity index (χ3n) is 2.68. The van der Waals surface area contributed by atoms with Crippen molar-refractivity contribution in [1.29, 1.82) is 0 Å². The first kappa shape index (κ1) is 21.9. The zero-order valence-corrected chi connectivity index (χ0v) is 16.1. The molecule has 0 radical (unpaired) electrons. The number of thiocarbonyl (C=S) groups is 1. The summed E-state index contributed by atoms with van der Waals surface area (Å²) >= 11 is 16.5.